The highest BCUT2D eigenvalue weighted by Gasteiger charge is 2.34. The Bertz CT molecular complexity index is 942. The second kappa shape index (κ2) is 7.41. The van der Waals surface area contributed by atoms with Gasteiger partial charge in [-0.1, -0.05) is 24.3 Å². The minimum Gasteiger partial charge on any atom is -0.451 e. The van der Waals surface area contributed by atoms with Gasteiger partial charge >= 0.3 is 5.97 Å². The summed E-state index contributed by atoms with van der Waals surface area (Å²) in [7, 11) is -3.09. The number of ether oxygens (including phenoxy) is 1. The van der Waals surface area contributed by atoms with Gasteiger partial charge in [0.25, 0.3) is 5.91 Å². The lowest BCUT2D eigenvalue weighted by molar-refractivity contribution is -0.136. The van der Waals surface area contributed by atoms with Crippen molar-refractivity contribution in [3.63, 3.8) is 0 Å². The first-order chi connectivity index (χ1) is 12.4. The number of amides is 1. The lowest BCUT2D eigenvalue weighted by Crippen LogP contribution is -2.43. The van der Waals surface area contributed by atoms with Crippen LogP contribution in [0.1, 0.15) is 23.8 Å². The maximum absolute atomic E-state index is 12.4. The maximum Gasteiger partial charge on any atom is 0.357 e. The van der Waals surface area contributed by atoms with Crippen LogP contribution >= 0.6 is 0 Å². The van der Waals surface area contributed by atoms with Crippen LogP contribution in [-0.2, 0) is 19.4 Å². The van der Waals surface area contributed by atoms with Gasteiger partial charge in [0.1, 0.15) is 5.69 Å². The number of carbonyl (C=O) groups excluding carboxylic acids is 2. The van der Waals surface area contributed by atoms with E-state index in [1.54, 1.807) is 25.1 Å². The average molecular weight is 376 g/mol. The van der Waals surface area contributed by atoms with Gasteiger partial charge in [0, 0.05) is 18.0 Å². The number of benzene rings is 1. The fourth-order valence-corrected chi connectivity index (χ4v) is 4.85. The predicted octanol–water partition coefficient (Wildman–Crippen LogP) is 1.43. The van der Waals surface area contributed by atoms with Gasteiger partial charge < -0.3 is 9.64 Å². The first-order valence-electron chi connectivity index (χ1n) is 8.42. The first-order valence-corrected chi connectivity index (χ1v) is 10.2. The van der Waals surface area contributed by atoms with E-state index in [0.29, 0.717) is 18.5 Å². The van der Waals surface area contributed by atoms with Crippen molar-refractivity contribution < 1.29 is 22.7 Å². The molecule has 2 heterocycles. The molecule has 26 heavy (non-hydrogen) atoms. The van der Waals surface area contributed by atoms with Crippen molar-refractivity contribution in [3.05, 3.63) is 42.1 Å². The summed E-state index contributed by atoms with van der Waals surface area (Å²) >= 11 is 0. The summed E-state index contributed by atoms with van der Waals surface area (Å²) < 4.78 is 28.3. The summed E-state index contributed by atoms with van der Waals surface area (Å²) in [6, 6.07) is 10.3. The van der Waals surface area contributed by atoms with Crippen LogP contribution in [0.5, 0.6) is 0 Å². The molecule has 1 atom stereocenters. The number of carbonyl (C=O) groups is 2. The van der Waals surface area contributed by atoms with Gasteiger partial charge in [-0.3, -0.25) is 4.79 Å². The van der Waals surface area contributed by atoms with Gasteiger partial charge in [-0.15, -0.1) is 0 Å². The Kier molecular flexibility index (Phi) is 5.22. The smallest absolute Gasteiger partial charge is 0.357 e. The quantitative estimate of drug-likeness (QED) is 0.733. The van der Waals surface area contributed by atoms with Crippen LogP contribution in [0.4, 0.5) is 0 Å². The number of nitrogens with zero attached hydrogens (tertiary/aromatic N) is 2. The number of esters is 1. The molecule has 1 unspecified atom stereocenters. The van der Waals surface area contributed by atoms with Crippen LogP contribution in [0.15, 0.2) is 36.4 Å². The molecule has 138 valence electrons. The number of fused-ring (bicyclic) bond motifs is 1. The Morgan fingerprint density at radius 3 is 2.69 bits per heavy atom. The molecule has 1 saturated heterocycles. The Labute approximate surface area is 151 Å². The van der Waals surface area contributed by atoms with Crippen molar-refractivity contribution in [2.45, 2.75) is 19.4 Å². The van der Waals surface area contributed by atoms with Crippen LogP contribution in [0, 0.1) is 0 Å². The standard InChI is InChI=1S/C18H20N2O5S/c1-2-20(14-9-10-26(23,24)12-14)17(21)11-25-18(22)16-8-7-13-5-3-4-6-15(13)19-16/h3-8,14H,2,9-12H2,1H3. The molecular formula is C18H20N2O5S. The molecule has 1 aromatic heterocycles. The summed E-state index contributed by atoms with van der Waals surface area (Å²) in [6.07, 6.45) is 0.419. The first kappa shape index (κ1) is 18.3. The van der Waals surface area contributed by atoms with Crippen molar-refractivity contribution in [1.82, 2.24) is 9.88 Å². The van der Waals surface area contributed by atoms with Crippen LogP contribution in [0.25, 0.3) is 10.9 Å². The van der Waals surface area contributed by atoms with Gasteiger partial charge in [-0.25, -0.2) is 18.2 Å². The highest BCUT2D eigenvalue weighted by atomic mass is 32.2. The van der Waals surface area contributed by atoms with Crippen LogP contribution < -0.4 is 0 Å². The number of rotatable bonds is 5. The normalized spacial score (nSPS) is 18.6. The summed E-state index contributed by atoms with van der Waals surface area (Å²) in [5, 5.41) is 0.903. The van der Waals surface area contributed by atoms with Crippen molar-refractivity contribution in [3.8, 4) is 0 Å². The number of likely N-dealkylation sites (N-methyl/N-ethyl adjacent to an activating group) is 1. The lowest BCUT2D eigenvalue weighted by atomic mass is 10.2. The van der Waals surface area contributed by atoms with E-state index in [-0.39, 0.29) is 23.2 Å². The van der Waals surface area contributed by atoms with Crippen molar-refractivity contribution in [2.24, 2.45) is 0 Å². The van der Waals surface area contributed by atoms with Crippen molar-refractivity contribution in [1.29, 1.82) is 0 Å². The van der Waals surface area contributed by atoms with Crippen LogP contribution in [0.2, 0.25) is 0 Å². The number of para-hydroxylation sites is 1. The zero-order valence-corrected chi connectivity index (χ0v) is 15.2. The zero-order valence-electron chi connectivity index (χ0n) is 14.4. The number of sulfone groups is 1. The van der Waals surface area contributed by atoms with Gasteiger partial charge in [0.05, 0.1) is 17.0 Å². The predicted molar refractivity (Wildman–Crippen MR) is 96.5 cm³/mol. The third-order valence-electron chi connectivity index (χ3n) is 4.44. The molecule has 8 heteroatoms. The third-order valence-corrected chi connectivity index (χ3v) is 6.19. The maximum atomic E-state index is 12.4. The molecule has 1 fully saturated rings. The monoisotopic (exact) mass is 376 g/mol. The Hall–Kier alpha value is -2.48. The summed E-state index contributed by atoms with van der Waals surface area (Å²) in [5.74, 6) is -1.03. The second-order valence-electron chi connectivity index (χ2n) is 6.20. The van der Waals surface area contributed by atoms with E-state index in [1.165, 1.54) is 4.90 Å². The minimum absolute atomic E-state index is 0.0350. The van der Waals surface area contributed by atoms with E-state index in [2.05, 4.69) is 4.98 Å². The summed E-state index contributed by atoms with van der Waals surface area (Å²) in [5.41, 5.74) is 0.794. The fraction of sp³-hybridized carbons (Fsp3) is 0.389. The highest BCUT2D eigenvalue weighted by molar-refractivity contribution is 7.91. The number of hydrogen-bond donors (Lipinski definition) is 0. The van der Waals surface area contributed by atoms with Gasteiger partial charge in [-0.2, -0.15) is 0 Å². The molecule has 0 radical (unpaired) electrons. The molecule has 0 spiro atoms. The number of aromatic nitrogens is 1. The fourth-order valence-electron chi connectivity index (χ4n) is 3.12. The Morgan fingerprint density at radius 1 is 1.23 bits per heavy atom. The molecule has 0 saturated carbocycles. The van der Waals surface area contributed by atoms with E-state index in [1.807, 2.05) is 18.2 Å². The van der Waals surface area contributed by atoms with Crippen molar-refractivity contribution >= 4 is 32.6 Å². The van der Waals surface area contributed by atoms with E-state index in [9.17, 15) is 18.0 Å². The van der Waals surface area contributed by atoms with E-state index < -0.39 is 28.3 Å². The minimum atomic E-state index is -3.09. The lowest BCUT2D eigenvalue weighted by Gasteiger charge is -2.26. The highest BCUT2D eigenvalue weighted by Crippen LogP contribution is 2.18. The average Bonchev–Trinajstić information content (AvgIpc) is 2.99. The van der Waals surface area contributed by atoms with Gasteiger partial charge in [0.2, 0.25) is 0 Å². The Morgan fingerprint density at radius 2 is 2.00 bits per heavy atom. The molecular weight excluding hydrogens is 356 g/mol. The van der Waals surface area contributed by atoms with Gasteiger partial charge in [-0.05, 0) is 25.5 Å². The molecule has 1 aromatic carbocycles. The molecule has 2 aromatic rings. The largest absolute Gasteiger partial charge is 0.451 e. The summed E-state index contributed by atoms with van der Waals surface area (Å²) in [4.78, 5) is 30.2. The molecule has 0 N–H and O–H groups in total. The Balaban J connectivity index is 1.63. The molecule has 7 nitrogen and oxygen atoms in total. The zero-order chi connectivity index (χ0) is 18.7. The second-order valence-corrected chi connectivity index (χ2v) is 8.43. The molecule has 0 bridgehead atoms. The SMILES string of the molecule is CCN(C(=O)COC(=O)c1ccc2ccccc2n1)C1CCS(=O)(=O)C1. The van der Waals surface area contributed by atoms with E-state index in [4.69, 9.17) is 4.74 Å². The molecule has 1 amide bonds. The molecule has 1 aliphatic rings. The molecule has 0 aliphatic carbocycles. The van der Waals surface area contributed by atoms with Crippen molar-refractivity contribution in [2.75, 3.05) is 24.7 Å². The van der Waals surface area contributed by atoms with E-state index in [0.717, 1.165) is 5.39 Å². The van der Waals surface area contributed by atoms with Gasteiger partial charge in [0.15, 0.2) is 16.4 Å². The molecule has 3 rings (SSSR count). The topological polar surface area (TPSA) is 93.6 Å². The summed E-state index contributed by atoms with van der Waals surface area (Å²) in [6.45, 7) is 1.71. The number of hydrogen-bond acceptors (Lipinski definition) is 6. The van der Waals surface area contributed by atoms with E-state index >= 15 is 0 Å². The molecule has 1 aliphatic heterocycles. The van der Waals surface area contributed by atoms with Crippen LogP contribution in [-0.4, -0.2) is 60.9 Å². The number of pyridine rings is 1. The van der Waals surface area contributed by atoms with Crippen LogP contribution in [0.3, 0.4) is 0 Å². The third kappa shape index (κ3) is 4.01.